The minimum Gasteiger partial charge on any atom is -0.494 e. The summed E-state index contributed by atoms with van der Waals surface area (Å²) in [5.74, 6) is -0.814. The summed E-state index contributed by atoms with van der Waals surface area (Å²) in [5.41, 5.74) is 3.96. The molecule has 0 spiro atoms. The molecular weight excluding hydrogens is 732 g/mol. The first kappa shape index (κ1) is 41.1. The van der Waals surface area contributed by atoms with Crippen LogP contribution in [0.4, 0.5) is 0 Å². The molecule has 9 nitrogen and oxygen atoms in total. The summed E-state index contributed by atoms with van der Waals surface area (Å²) in [6.45, 7) is 9.13. The fraction of sp³-hybridized carbons (Fsp3) is 0.341. The number of hydrogen-bond donors (Lipinski definition) is 3. The van der Waals surface area contributed by atoms with E-state index in [0.29, 0.717) is 27.9 Å². The number of carbonyl (C=O) groups is 3. The molecule has 0 fully saturated rings. The van der Waals surface area contributed by atoms with Gasteiger partial charge in [0.15, 0.2) is 5.82 Å². The van der Waals surface area contributed by atoms with E-state index in [1.165, 1.54) is 37.0 Å². The molecule has 3 aromatic carbocycles. The minimum atomic E-state index is -1.22. The highest BCUT2D eigenvalue weighted by atomic mass is 35.5. The summed E-state index contributed by atoms with van der Waals surface area (Å²) in [6.07, 6.45) is 9.72. The number of hydrogen-bond acceptors (Lipinski definition) is 7. The van der Waals surface area contributed by atoms with Crippen LogP contribution in [0.15, 0.2) is 97.3 Å². The molecule has 2 atom stereocenters. The van der Waals surface area contributed by atoms with E-state index >= 15 is 0 Å². The van der Waals surface area contributed by atoms with Gasteiger partial charge in [0.25, 0.3) is 5.91 Å². The van der Waals surface area contributed by atoms with Gasteiger partial charge in [-0.2, -0.15) is 0 Å². The number of unbranched alkanes of at least 4 members (excludes halogenated alkanes) is 4. The summed E-state index contributed by atoms with van der Waals surface area (Å²) in [6, 6.07) is 23.5. The first-order chi connectivity index (χ1) is 26.4. The molecule has 3 N–H and O–H groups in total. The Hall–Kier alpha value is -5.06. The Labute approximate surface area is 332 Å². The second kappa shape index (κ2) is 19.5. The zero-order chi connectivity index (χ0) is 39.4. The average molecular weight is 781 g/mol. The maximum absolute atomic E-state index is 13.8. The Morgan fingerprint density at radius 3 is 1.95 bits per heavy atom. The Morgan fingerprint density at radius 2 is 1.35 bits per heavy atom. The number of ether oxygens (including phenoxy) is 1. The minimum absolute atomic E-state index is 0.0469. The van der Waals surface area contributed by atoms with E-state index in [4.69, 9.17) is 16.3 Å². The fourth-order valence-electron chi connectivity index (χ4n) is 5.92. The SMILES string of the molecule is CCCCCCCOc1ccc(-c2cnc(-c3ccc(C[C@H](NC(=O)c4ccc(C(C)(C)C)s4)C(=O)NC(Cc4ccc(Cl)cc4)C(=O)O)cc3)nc2)cc1. The van der Waals surface area contributed by atoms with Gasteiger partial charge in [-0.3, -0.25) is 9.59 Å². The largest absolute Gasteiger partial charge is 0.494 e. The summed E-state index contributed by atoms with van der Waals surface area (Å²) in [4.78, 5) is 50.2. The van der Waals surface area contributed by atoms with Crippen LogP contribution in [0, 0.1) is 0 Å². The Kier molecular flexibility index (Phi) is 14.6. The van der Waals surface area contributed by atoms with Crippen LogP contribution in [0.25, 0.3) is 22.5 Å². The lowest BCUT2D eigenvalue weighted by molar-refractivity contribution is -0.142. The number of amides is 2. The predicted molar refractivity (Wildman–Crippen MR) is 220 cm³/mol. The van der Waals surface area contributed by atoms with Gasteiger partial charge in [0.05, 0.1) is 11.5 Å². The van der Waals surface area contributed by atoms with Crippen molar-refractivity contribution in [2.75, 3.05) is 6.61 Å². The second-order valence-corrected chi connectivity index (χ2v) is 16.2. The summed E-state index contributed by atoms with van der Waals surface area (Å²) in [7, 11) is 0. The van der Waals surface area contributed by atoms with Crippen LogP contribution in [-0.2, 0) is 27.8 Å². The van der Waals surface area contributed by atoms with Crippen LogP contribution in [0.2, 0.25) is 5.02 Å². The molecule has 2 heterocycles. The van der Waals surface area contributed by atoms with Gasteiger partial charge >= 0.3 is 5.97 Å². The molecule has 2 amide bonds. The zero-order valence-corrected chi connectivity index (χ0v) is 33.4. The van der Waals surface area contributed by atoms with E-state index in [1.54, 1.807) is 42.7 Å². The third-order valence-electron chi connectivity index (χ3n) is 9.17. The van der Waals surface area contributed by atoms with E-state index in [0.717, 1.165) is 39.3 Å². The molecule has 0 aliphatic carbocycles. The standard InChI is InChI=1S/C44H49ClN4O5S/c1-5-6-7-8-9-24-54-35-20-16-31(17-21-35)33-27-46-40(47-28-33)32-14-10-29(11-15-32)25-36(48-42(51)38-22-23-39(55-38)44(2,3)4)41(50)49-37(43(52)53)26-30-12-18-34(45)19-13-30/h10-23,27-28,36-37H,5-9,24-26H2,1-4H3,(H,48,51)(H,49,50)(H,52,53)/t36-,37?/m0/s1. The summed E-state index contributed by atoms with van der Waals surface area (Å²) >= 11 is 7.37. The first-order valence-electron chi connectivity index (χ1n) is 18.7. The maximum Gasteiger partial charge on any atom is 0.326 e. The van der Waals surface area contributed by atoms with Crippen molar-refractivity contribution in [2.45, 2.75) is 90.1 Å². The summed E-state index contributed by atoms with van der Waals surface area (Å²) in [5, 5.41) is 16.0. The Balaban J connectivity index is 1.26. The van der Waals surface area contributed by atoms with Crippen LogP contribution < -0.4 is 15.4 Å². The van der Waals surface area contributed by atoms with Gasteiger partial charge in [-0.1, -0.05) is 114 Å². The average Bonchev–Trinajstić information content (AvgIpc) is 3.69. The molecule has 0 saturated heterocycles. The monoisotopic (exact) mass is 780 g/mol. The number of aliphatic carboxylic acids is 1. The van der Waals surface area contributed by atoms with Crippen molar-refractivity contribution in [1.29, 1.82) is 0 Å². The number of aromatic nitrogens is 2. The van der Waals surface area contributed by atoms with Crippen molar-refractivity contribution >= 4 is 40.7 Å². The van der Waals surface area contributed by atoms with E-state index in [1.807, 2.05) is 54.6 Å². The molecule has 0 aliphatic rings. The second-order valence-electron chi connectivity index (χ2n) is 14.7. The fourth-order valence-corrected chi connectivity index (χ4v) is 7.01. The number of carboxylic acid groups (broad SMARTS) is 1. The van der Waals surface area contributed by atoms with Crippen molar-refractivity contribution in [3.8, 4) is 28.3 Å². The van der Waals surface area contributed by atoms with Gasteiger partial charge in [-0.25, -0.2) is 14.8 Å². The zero-order valence-electron chi connectivity index (χ0n) is 31.8. The van der Waals surface area contributed by atoms with Gasteiger partial charge in [-0.15, -0.1) is 11.3 Å². The van der Waals surface area contributed by atoms with Crippen molar-refractivity contribution in [2.24, 2.45) is 0 Å². The van der Waals surface area contributed by atoms with Crippen LogP contribution in [0.1, 0.15) is 85.5 Å². The first-order valence-corrected chi connectivity index (χ1v) is 19.9. The number of rotatable bonds is 18. The third-order valence-corrected chi connectivity index (χ3v) is 10.9. The van der Waals surface area contributed by atoms with Gasteiger partial charge in [0, 0.05) is 46.3 Å². The maximum atomic E-state index is 13.8. The van der Waals surface area contributed by atoms with Crippen LogP contribution >= 0.6 is 22.9 Å². The molecular formula is C44H49ClN4O5S. The van der Waals surface area contributed by atoms with Gasteiger partial charge in [-0.05, 0) is 64.9 Å². The molecule has 55 heavy (non-hydrogen) atoms. The highest BCUT2D eigenvalue weighted by Gasteiger charge is 2.28. The van der Waals surface area contributed by atoms with E-state index in [2.05, 4.69) is 48.3 Å². The quantitative estimate of drug-likeness (QED) is 0.0756. The molecule has 0 radical (unpaired) electrons. The Bertz CT molecular complexity index is 2010. The van der Waals surface area contributed by atoms with Crippen molar-refractivity contribution in [1.82, 2.24) is 20.6 Å². The van der Waals surface area contributed by atoms with E-state index in [9.17, 15) is 19.5 Å². The number of carboxylic acids is 1. The summed E-state index contributed by atoms with van der Waals surface area (Å²) < 4.78 is 5.90. The number of benzene rings is 3. The van der Waals surface area contributed by atoms with E-state index in [-0.39, 0.29) is 18.3 Å². The topological polar surface area (TPSA) is 131 Å². The van der Waals surface area contributed by atoms with Crippen molar-refractivity contribution < 1.29 is 24.2 Å². The molecule has 288 valence electrons. The number of nitrogens with one attached hydrogen (secondary N) is 2. The molecule has 1 unspecified atom stereocenters. The molecule has 0 aliphatic heterocycles. The smallest absolute Gasteiger partial charge is 0.326 e. The predicted octanol–water partition coefficient (Wildman–Crippen LogP) is 9.33. The van der Waals surface area contributed by atoms with Gasteiger partial charge in [0.1, 0.15) is 17.8 Å². The van der Waals surface area contributed by atoms with Crippen molar-refractivity contribution in [3.63, 3.8) is 0 Å². The lowest BCUT2D eigenvalue weighted by Gasteiger charge is -2.22. The van der Waals surface area contributed by atoms with Crippen LogP contribution in [0.5, 0.6) is 5.75 Å². The molecule has 0 bridgehead atoms. The molecule has 5 rings (SSSR count). The van der Waals surface area contributed by atoms with Gasteiger partial charge < -0.3 is 20.5 Å². The molecule has 5 aromatic rings. The normalized spacial score (nSPS) is 12.5. The van der Waals surface area contributed by atoms with Crippen molar-refractivity contribution in [3.05, 3.63) is 123 Å². The van der Waals surface area contributed by atoms with Crippen LogP contribution in [0.3, 0.4) is 0 Å². The number of nitrogens with zero attached hydrogens (tertiary/aromatic N) is 2. The lowest BCUT2D eigenvalue weighted by atomic mass is 9.95. The number of halogens is 1. The van der Waals surface area contributed by atoms with Gasteiger partial charge in [0.2, 0.25) is 5.91 Å². The van der Waals surface area contributed by atoms with Crippen LogP contribution in [-0.4, -0.2) is 51.5 Å². The lowest BCUT2D eigenvalue weighted by Crippen LogP contribution is -2.53. The number of thiophene rings is 1. The molecule has 0 saturated carbocycles. The third kappa shape index (κ3) is 12.2. The van der Waals surface area contributed by atoms with E-state index < -0.39 is 29.9 Å². The highest BCUT2D eigenvalue weighted by molar-refractivity contribution is 7.14. The molecule has 2 aromatic heterocycles. The number of carbonyl (C=O) groups excluding carboxylic acids is 2. The molecule has 11 heteroatoms. The highest BCUT2D eigenvalue weighted by Crippen LogP contribution is 2.30. The Morgan fingerprint density at radius 1 is 0.745 bits per heavy atom.